The Morgan fingerprint density at radius 1 is 1.04 bits per heavy atom. The summed E-state index contributed by atoms with van der Waals surface area (Å²) in [7, 11) is 0. The number of anilines is 1. The number of carbonyl (C=O) groups is 2. The molecule has 0 saturated heterocycles. The molecule has 0 aromatic heterocycles. The lowest BCUT2D eigenvalue weighted by Crippen LogP contribution is -2.40. The summed E-state index contributed by atoms with van der Waals surface area (Å²) in [4.78, 5) is 25.0. The zero-order chi connectivity index (χ0) is 17.9. The van der Waals surface area contributed by atoms with Crippen molar-refractivity contribution < 1.29 is 14.0 Å². The lowest BCUT2D eigenvalue weighted by molar-refractivity contribution is -0.134. The molecule has 1 saturated carbocycles. The maximum Gasteiger partial charge on any atom is 0.240 e. The second-order valence-corrected chi connectivity index (χ2v) is 6.45. The Hall–Kier alpha value is -2.69. The van der Waals surface area contributed by atoms with Gasteiger partial charge in [0.1, 0.15) is 11.2 Å². The average Bonchev–Trinajstić information content (AvgIpc) is 3.40. The third-order valence-electron chi connectivity index (χ3n) is 4.65. The molecular weight excluding hydrogens is 319 g/mol. The molecule has 2 aromatic rings. The zero-order valence-corrected chi connectivity index (χ0v) is 14.1. The highest BCUT2D eigenvalue weighted by Gasteiger charge is 2.56. The molecule has 25 heavy (non-hydrogen) atoms. The SMILES string of the molecule is Cc1ccccc1NC(=O)C1(C(=O)NCCc2ccccc2F)CC1. The Kier molecular flexibility index (Phi) is 4.83. The minimum atomic E-state index is -0.989. The van der Waals surface area contributed by atoms with E-state index in [4.69, 9.17) is 0 Å². The van der Waals surface area contributed by atoms with Gasteiger partial charge in [0.15, 0.2) is 0 Å². The van der Waals surface area contributed by atoms with E-state index >= 15 is 0 Å². The molecule has 2 aromatic carbocycles. The summed E-state index contributed by atoms with van der Waals surface area (Å²) in [5, 5.41) is 5.63. The van der Waals surface area contributed by atoms with Crippen LogP contribution in [0.15, 0.2) is 48.5 Å². The number of amides is 2. The molecular formula is C20H21FN2O2. The van der Waals surface area contributed by atoms with Gasteiger partial charge in [-0.05, 0) is 49.4 Å². The minimum absolute atomic E-state index is 0.273. The molecule has 0 heterocycles. The summed E-state index contributed by atoms with van der Waals surface area (Å²) in [6, 6.07) is 14.0. The van der Waals surface area contributed by atoms with Crippen molar-refractivity contribution in [3.8, 4) is 0 Å². The van der Waals surface area contributed by atoms with Crippen LogP contribution in [0.4, 0.5) is 10.1 Å². The quantitative estimate of drug-likeness (QED) is 0.794. The first-order chi connectivity index (χ1) is 12.0. The van der Waals surface area contributed by atoms with E-state index in [1.807, 2.05) is 31.2 Å². The topological polar surface area (TPSA) is 58.2 Å². The van der Waals surface area contributed by atoms with Crippen molar-refractivity contribution >= 4 is 17.5 Å². The van der Waals surface area contributed by atoms with Gasteiger partial charge in [0.05, 0.1) is 0 Å². The van der Waals surface area contributed by atoms with Crippen LogP contribution in [0.1, 0.15) is 24.0 Å². The monoisotopic (exact) mass is 340 g/mol. The summed E-state index contributed by atoms with van der Waals surface area (Å²) in [5.41, 5.74) is 1.24. The smallest absolute Gasteiger partial charge is 0.240 e. The van der Waals surface area contributed by atoms with E-state index in [1.54, 1.807) is 18.2 Å². The standard InChI is InChI=1S/C20H21FN2O2/c1-14-6-2-5-9-17(14)23-19(25)20(11-12-20)18(24)22-13-10-15-7-3-4-8-16(15)21/h2-9H,10-13H2,1H3,(H,22,24)(H,23,25). The largest absolute Gasteiger partial charge is 0.355 e. The molecule has 0 bridgehead atoms. The van der Waals surface area contributed by atoms with Gasteiger partial charge in [0, 0.05) is 12.2 Å². The third kappa shape index (κ3) is 3.71. The van der Waals surface area contributed by atoms with E-state index in [0.29, 0.717) is 31.4 Å². The maximum atomic E-state index is 13.6. The number of benzene rings is 2. The summed E-state index contributed by atoms with van der Waals surface area (Å²) >= 11 is 0. The van der Waals surface area contributed by atoms with Crippen molar-refractivity contribution in [2.45, 2.75) is 26.2 Å². The fourth-order valence-corrected chi connectivity index (χ4v) is 2.82. The van der Waals surface area contributed by atoms with Gasteiger partial charge >= 0.3 is 0 Å². The van der Waals surface area contributed by atoms with Gasteiger partial charge in [0.2, 0.25) is 11.8 Å². The van der Waals surface area contributed by atoms with E-state index in [9.17, 15) is 14.0 Å². The van der Waals surface area contributed by atoms with Crippen LogP contribution in [-0.4, -0.2) is 18.4 Å². The number of para-hydroxylation sites is 1. The maximum absolute atomic E-state index is 13.6. The molecule has 0 spiro atoms. The lowest BCUT2D eigenvalue weighted by atomic mass is 10.0. The first kappa shape index (κ1) is 17.1. The molecule has 130 valence electrons. The molecule has 3 rings (SSSR count). The first-order valence-corrected chi connectivity index (χ1v) is 8.42. The van der Waals surface area contributed by atoms with Gasteiger partial charge in [0.25, 0.3) is 0 Å². The molecule has 4 nitrogen and oxygen atoms in total. The van der Waals surface area contributed by atoms with Gasteiger partial charge in [-0.3, -0.25) is 9.59 Å². The highest BCUT2D eigenvalue weighted by atomic mass is 19.1. The van der Waals surface area contributed by atoms with Gasteiger partial charge in [-0.1, -0.05) is 36.4 Å². The first-order valence-electron chi connectivity index (χ1n) is 8.42. The van der Waals surface area contributed by atoms with E-state index in [1.165, 1.54) is 6.07 Å². The number of hydrogen-bond acceptors (Lipinski definition) is 2. The molecule has 1 aliphatic rings. The van der Waals surface area contributed by atoms with E-state index in [0.717, 1.165) is 11.3 Å². The van der Waals surface area contributed by atoms with Gasteiger partial charge in [-0.25, -0.2) is 4.39 Å². The molecule has 1 aliphatic carbocycles. The van der Waals surface area contributed by atoms with Crippen molar-refractivity contribution in [3.05, 3.63) is 65.5 Å². The second kappa shape index (κ2) is 7.05. The fraction of sp³-hybridized carbons (Fsp3) is 0.300. The van der Waals surface area contributed by atoms with Crippen molar-refractivity contribution in [1.29, 1.82) is 0 Å². The van der Waals surface area contributed by atoms with Crippen molar-refractivity contribution in [2.24, 2.45) is 5.41 Å². The fourth-order valence-electron chi connectivity index (χ4n) is 2.82. The van der Waals surface area contributed by atoms with Gasteiger partial charge < -0.3 is 10.6 Å². The summed E-state index contributed by atoms with van der Waals surface area (Å²) < 4.78 is 13.6. The third-order valence-corrected chi connectivity index (χ3v) is 4.65. The molecule has 1 fully saturated rings. The number of halogens is 1. The summed E-state index contributed by atoms with van der Waals surface area (Å²) in [6.07, 6.45) is 1.47. The van der Waals surface area contributed by atoms with E-state index in [-0.39, 0.29) is 17.6 Å². The summed E-state index contributed by atoms with van der Waals surface area (Å²) in [5.74, 6) is -0.838. The molecule has 0 atom stereocenters. The Morgan fingerprint density at radius 3 is 2.40 bits per heavy atom. The minimum Gasteiger partial charge on any atom is -0.355 e. The van der Waals surface area contributed by atoms with Crippen molar-refractivity contribution in [1.82, 2.24) is 5.32 Å². The summed E-state index contributed by atoms with van der Waals surface area (Å²) in [6.45, 7) is 2.21. The molecule has 0 radical (unpaired) electrons. The number of hydrogen-bond donors (Lipinski definition) is 2. The molecule has 0 unspecified atom stereocenters. The van der Waals surface area contributed by atoms with Crippen LogP contribution >= 0.6 is 0 Å². The predicted octanol–water partition coefficient (Wildman–Crippen LogP) is 3.21. The number of aryl methyl sites for hydroxylation is 1. The van der Waals surface area contributed by atoms with Crippen molar-refractivity contribution in [2.75, 3.05) is 11.9 Å². The number of carbonyl (C=O) groups excluding carboxylic acids is 2. The lowest BCUT2D eigenvalue weighted by Gasteiger charge is -2.16. The molecule has 2 amide bonds. The second-order valence-electron chi connectivity index (χ2n) is 6.45. The highest BCUT2D eigenvalue weighted by Crippen LogP contribution is 2.47. The molecule has 0 aliphatic heterocycles. The van der Waals surface area contributed by atoms with E-state index < -0.39 is 5.41 Å². The van der Waals surface area contributed by atoms with Crippen LogP contribution in [-0.2, 0) is 16.0 Å². The number of nitrogens with one attached hydrogen (secondary N) is 2. The molecule has 2 N–H and O–H groups in total. The van der Waals surface area contributed by atoms with Crippen LogP contribution < -0.4 is 10.6 Å². The number of rotatable bonds is 6. The molecule has 5 heteroatoms. The van der Waals surface area contributed by atoms with Crippen LogP contribution in [0.3, 0.4) is 0 Å². The van der Waals surface area contributed by atoms with Crippen LogP contribution in [0.2, 0.25) is 0 Å². The highest BCUT2D eigenvalue weighted by molar-refractivity contribution is 6.13. The Labute approximate surface area is 146 Å². The predicted molar refractivity (Wildman–Crippen MR) is 94.6 cm³/mol. The Bertz CT molecular complexity index is 800. The average molecular weight is 340 g/mol. The van der Waals surface area contributed by atoms with Crippen LogP contribution in [0.25, 0.3) is 0 Å². The van der Waals surface area contributed by atoms with Gasteiger partial charge in [-0.15, -0.1) is 0 Å². The Balaban J connectivity index is 1.57. The van der Waals surface area contributed by atoms with Gasteiger partial charge in [-0.2, -0.15) is 0 Å². The normalized spacial score (nSPS) is 14.6. The van der Waals surface area contributed by atoms with Crippen molar-refractivity contribution in [3.63, 3.8) is 0 Å². The zero-order valence-electron chi connectivity index (χ0n) is 14.1. The Morgan fingerprint density at radius 2 is 1.72 bits per heavy atom. The van der Waals surface area contributed by atoms with Crippen LogP contribution in [0.5, 0.6) is 0 Å². The van der Waals surface area contributed by atoms with E-state index in [2.05, 4.69) is 10.6 Å². The van der Waals surface area contributed by atoms with Crippen LogP contribution in [0, 0.1) is 18.2 Å².